The van der Waals surface area contributed by atoms with Crippen LogP contribution in [0.1, 0.15) is 45.7 Å². The van der Waals surface area contributed by atoms with Gasteiger partial charge in [0.15, 0.2) is 6.04 Å². The number of thioether (sulfide) groups is 2. The normalized spacial score (nSPS) is 13.4. The van der Waals surface area contributed by atoms with Gasteiger partial charge < -0.3 is 15.0 Å². The van der Waals surface area contributed by atoms with Crippen LogP contribution < -0.4 is 5.32 Å². The molecule has 5 nitrogen and oxygen atoms in total. The fourth-order valence-corrected chi connectivity index (χ4v) is 4.86. The number of fused-ring (bicyclic) bond motifs is 1. The Kier molecular flexibility index (Phi) is 9.14. The summed E-state index contributed by atoms with van der Waals surface area (Å²) < 4.78 is 5.74. The number of benzene rings is 2. The third kappa shape index (κ3) is 7.06. The van der Waals surface area contributed by atoms with Gasteiger partial charge in [0.05, 0.1) is 11.9 Å². The van der Waals surface area contributed by atoms with E-state index in [0.29, 0.717) is 0 Å². The van der Waals surface area contributed by atoms with Crippen molar-refractivity contribution in [2.24, 2.45) is 0 Å². The predicted octanol–water partition coefficient (Wildman–Crippen LogP) is 6.21. The first-order chi connectivity index (χ1) is 16.2. The standard InChI is InChI=1S/C27H34N2O3S2/c1-18(14-15-33-5)32-26(31)25(29-24(30)17-34-27(2,3)4)21-12-7-6-10-19(21)22-16-28-23-13-9-8-11-20(22)23/h6-13,16,18,25,28H,14-15,17H2,1-5H3,(H,29,30)/t18-,25-/m0/s1. The molecule has 2 atom stereocenters. The highest BCUT2D eigenvalue weighted by molar-refractivity contribution is 8.01. The number of carbonyl (C=O) groups excluding carboxylic acids is 2. The van der Waals surface area contributed by atoms with E-state index in [0.717, 1.165) is 39.8 Å². The zero-order valence-electron chi connectivity index (χ0n) is 20.5. The van der Waals surface area contributed by atoms with Crippen LogP contribution in [0.4, 0.5) is 0 Å². The first-order valence-electron chi connectivity index (χ1n) is 11.5. The highest BCUT2D eigenvalue weighted by Crippen LogP contribution is 2.34. The number of para-hydroxylation sites is 1. The van der Waals surface area contributed by atoms with E-state index in [2.05, 4.69) is 31.1 Å². The molecule has 0 aliphatic carbocycles. The van der Waals surface area contributed by atoms with Crippen LogP contribution in [0, 0.1) is 0 Å². The Bertz CT molecular complexity index is 1120. The topological polar surface area (TPSA) is 71.2 Å². The smallest absolute Gasteiger partial charge is 0.333 e. The summed E-state index contributed by atoms with van der Waals surface area (Å²) in [7, 11) is 0. The fraction of sp³-hybridized carbons (Fsp3) is 0.407. The van der Waals surface area contributed by atoms with E-state index in [1.165, 1.54) is 0 Å². The molecule has 3 aromatic rings. The molecule has 182 valence electrons. The number of amides is 1. The average Bonchev–Trinajstić information content (AvgIpc) is 3.23. The van der Waals surface area contributed by atoms with Crippen LogP contribution in [-0.2, 0) is 14.3 Å². The fourth-order valence-electron chi connectivity index (χ4n) is 3.65. The van der Waals surface area contributed by atoms with Crippen molar-refractivity contribution < 1.29 is 14.3 Å². The largest absolute Gasteiger partial charge is 0.461 e. The van der Waals surface area contributed by atoms with E-state index in [1.807, 2.05) is 67.9 Å². The zero-order chi connectivity index (χ0) is 24.7. The maximum absolute atomic E-state index is 13.4. The minimum atomic E-state index is -0.894. The minimum Gasteiger partial charge on any atom is -0.461 e. The quantitative estimate of drug-likeness (QED) is 0.325. The Labute approximate surface area is 210 Å². The molecule has 1 aromatic heterocycles. The van der Waals surface area contributed by atoms with Crippen molar-refractivity contribution >= 4 is 46.3 Å². The SMILES string of the molecule is CSCC[C@H](C)OC(=O)[C@@H](NC(=O)CSC(C)(C)C)c1ccccc1-c1c[nH]c2ccccc12. The van der Waals surface area contributed by atoms with Gasteiger partial charge in [-0.3, -0.25) is 4.79 Å². The number of ether oxygens (including phenoxy) is 1. The lowest BCUT2D eigenvalue weighted by molar-refractivity contribution is -0.152. The Morgan fingerprint density at radius 2 is 1.76 bits per heavy atom. The number of carbonyl (C=O) groups is 2. The van der Waals surface area contributed by atoms with Crippen molar-refractivity contribution in [3.8, 4) is 11.1 Å². The van der Waals surface area contributed by atoms with Crippen molar-refractivity contribution in [3.63, 3.8) is 0 Å². The van der Waals surface area contributed by atoms with E-state index >= 15 is 0 Å². The second-order valence-electron chi connectivity index (χ2n) is 9.27. The van der Waals surface area contributed by atoms with Gasteiger partial charge >= 0.3 is 5.97 Å². The molecule has 0 radical (unpaired) electrons. The van der Waals surface area contributed by atoms with Crippen LogP contribution in [0.25, 0.3) is 22.0 Å². The molecule has 0 bridgehead atoms. The molecule has 0 unspecified atom stereocenters. The molecular formula is C27H34N2O3S2. The van der Waals surface area contributed by atoms with Gasteiger partial charge in [-0.1, -0.05) is 63.2 Å². The third-order valence-electron chi connectivity index (χ3n) is 5.37. The van der Waals surface area contributed by atoms with Crippen LogP contribution >= 0.6 is 23.5 Å². The summed E-state index contributed by atoms with van der Waals surface area (Å²) in [6.07, 6.45) is 4.51. The molecule has 0 spiro atoms. The van der Waals surface area contributed by atoms with Crippen LogP contribution in [-0.4, -0.2) is 45.5 Å². The van der Waals surface area contributed by atoms with Gasteiger partial charge in [0.25, 0.3) is 0 Å². The highest BCUT2D eigenvalue weighted by atomic mass is 32.2. The number of rotatable bonds is 10. The second-order valence-corrected chi connectivity index (χ2v) is 12.1. The summed E-state index contributed by atoms with van der Waals surface area (Å²) in [5.74, 6) is 0.548. The second kappa shape index (κ2) is 11.8. The van der Waals surface area contributed by atoms with Crippen LogP contribution in [0.5, 0.6) is 0 Å². The van der Waals surface area contributed by atoms with Gasteiger partial charge in [-0.15, -0.1) is 11.8 Å². The molecule has 34 heavy (non-hydrogen) atoms. The maximum atomic E-state index is 13.4. The van der Waals surface area contributed by atoms with E-state index in [4.69, 9.17) is 4.74 Å². The van der Waals surface area contributed by atoms with Crippen molar-refractivity contribution in [3.05, 3.63) is 60.3 Å². The van der Waals surface area contributed by atoms with Crippen LogP contribution in [0.2, 0.25) is 0 Å². The zero-order valence-corrected chi connectivity index (χ0v) is 22.1. The van der Waals surface area contributed by atoms with Gasteiger partial charge in [-0.05, 0) is 42.5 Å². The molecule has 2 aromatic carbocycles. The number of H-pyrrole nitrogens is 1. The predicted molar refractivity (Wildman–Crippen MR) is 145 cm³/mol. The van der Waals surface area contributed by atoms with Crippen LogP contribution in [0.15, 0.2) is 54.7 Å². The number of nitrogens with one attached hydrogen (secondary N) is 2. The Balaban J connectivity index is 1.96. The molecule has 0 saturated carbocycles. The van der Waals surface area contributed by atoms with E-state index in [1.54, 1.807) is 23.5 Å². The van der Waals surface area contributed by atoms with Gasteiger partial charge in [0.1, 0.15) is 0 Å². The van der Waals surface area contributed by atoms with Crippen LogP contribution in [0.3, 0.4) is 0 Å². The summed E-state index contributed by atoms with van der Waals surface area (Å²) >= 11 is 3.26. The molecular weight excluding hydrogens is 464 g/mol. The monoisotopic (exact) mass is 498 g/mol. The number of hydrogen-bond donors (Lipinski definition) is 2. The lowest BCUT2D eigenvalue weighted by Gasteiger charge is -2.24. The van der Waals surface area contributed by atoms with Crippen molar-refractivity contribution in [2.45, 2.75) is 51.0 Å². The minimum absolute atomic E-state index is 0.0539. The Hall–Kier alpha value is -2.38. The molecule has 7 heteroatoms. The van der Waals surface area contributed by atoms with Gasteiger partial charge in [0.2, 0.25) is 5.91 Å². The van der Waals surface area contributed by atoms with E-state index < -0.39 is 12.0 Å². The van der Waals surface area contributed by atoms with Crippen molar-refractivity contribution in [1.29, 1.82) is 0 Å². The summed E-state index contributed by atoms with van der Waals surface area (Å²) in [5.41, 5.74) is 3.62. The lowest BCUT2D eigenvalue weighted by atomic mass is 9.94. The molecule has 0 aliphatic rings. The van der Waals surface area contributed by atoms with Crippen molar-refractivity contribution in [1.82, 2.24) is 10.3 Å². The first kappa shape index (κ1) is 26.2. The molecule has 0 fully saturated rings. The Morgan fingerprint density at radius 1 is 1.06 bits per heavy atom. The number of esters is 1. The average molecular weight is 499 g/mol. The van der Waals surface area contributed by atoms with Gasteiger partial charge in [0, 0.05) is 27.4 Å². The van der Waals surface area contributed by atoms with Gasteiger partial charge in [-0.2, -0.15) is 11.8 Å². The van der Waals surface area contributed by atoms with E-state index in [-0.39, 0.29) is 22.5 Å². The molecule has 0 saturated heterocycles. The number of aromatic nitrogens is 1. The number of hydrogen-bond acceptors (Lipinski definition) is 5. The molecule has 3 rings (SSSR count). The summed E-state index contributed by atoms with van der Waals surface area (Å²) in [4.78, 5) is 29.6. The Morgan fingerprint density at radius 3 is 2.50 bits per heavy atom. The molecule has 1 amide bonds. The molecule has 2 N–H and O–H groups in total. The summed E-state index contributed by atoms with van der Waals surface area (Å²) in [6, 6.07) is 14.9. The van der Waals surface area contributed by atoms with E-state index in [9.17, 15) is 9.59 Å². The third-order valence-corrected chi connectivity index (χ3v) is 7.29. The van der Waals surface area contributed by atoms with Crippen molar-refractivity contribution in [2.75, 3.05) is 17.8 Å². The number of aromatic amines is 1. The highest BCUT2D eigenvalue weighted by Gasteiger charge is 2.29. The van der Waals surface area contributed by atoms with Gasteiger partial charge in [-0.25, -0.2) is 4.79 Å². The first-order valence-corrected chi connectivity index (χ1v) is 13.9. The molecule has 0 aliphatic heterocycles. The molecule has 1 heterocycles. The summed E-state index contributed by atoms with van der Waals surface area (Å²) in [6.45, 7) is 8.09. The maximum Gasteiger partial charge on any atom is 0.333 e. The lowest BCUT2D eigenvalue weighted by Crippen LogP contribution is -2.38. The summed E-state index contributed by atoms with van der Waals surface area (Å²) in [5, 5.41) is 4.03.